The average Bonchev–Trinajstić information content (AvgIpc) is 3.08. The first-order chi connectivity index (χ1) is 8.26. The van der Waals surface area contributed by atoms with Crippen LogP contribution in [0.3, 0.4) is 0 Å². The first kappa shape index (κ1) is 12.1. The number of epoxide rings is 1. The Morgan fingerprint density at radius 3 is 3.12 bits per heavy atom. The molecule has 0 bridgehead atoms. The van der Waals surface area contributed by atoms with Crippen molar-refractivity contribution in [2.75, 3.05) is 20.3 Å². The summed E-state index contributed by atoms with van der Waals surface area (Å²) in [6.45, 7) is 4.89. The van der Waals surface area contributed by atoms with Crippen LogP contribution >= 0.6 is 11.3 Å². The van der Waals surface area contributed by atoms with Gasteiger partial charge in [0.05, 0.1) is 13.7 Å². The molecule has 4 nitrogen and oxygen atoms in total. The van der Waals surface area contributed by atoms with Crippen molar-refractivity contribution in [2.24, 2.45) is 0 Å². The van der Waals surface area contributed by atoms with Gasteiger partial charge in [-0.25, -0.2) is 4.79 Å². The standard InChI is InChI=1S/C12H14O4S/c1-3-4-8-7-17-11(12(13)14-2)10(8)16-6-9-5-15-9/h3,7,9H,1,4-6H2,2H3. The van der Waals surface area contributed by atoms with Crippen LogP contribution in [0.5, 0.6) is 5.75 Å². The smallest absolute Gasteiger partial charge is 0.351 e. The molecular formula is C12H14O4S. The van der Waals surface area contributed by atoms with Crippen LogP contribution in [0.4, 0.5) is 0 Å². The van der Waals surface area contributed by atoms with Gasteiger partial charge >= 0.3 is 5.97 Å². The normalized spacial score (nSPS) is 17.6. The molecule has 92 valence electrons. The molecule has 2 rings (SSSR count). The van der Waals surface area contributed by atoms with E-state index in [2.05, 4.69) is 6.58 Å². The maximum absolute atomic E-state index is 11.6. The third-order valence-corrected chi connectivity index (χ3v) is 3.36. The van der Waals surface area contributed by atoms with Crippen LogP contribution in [0.25, 0.3) is 0 Å². The van der Waals surface area contributed by atoms with Gasteiger partial charge in [0.15, 0.2) is 4.88 Å². The molecule has 1 fully saturated rings. The second-order valence-corrected chi connectivity index (χ2v) is 4.55. The van der Waals surface area contributed by atoms with E-state index in [4.69, 9.17) is 14.2 Å². The molecule has 1 saturated heterocycles. The molecule has 0 N–H and O–H groups in total. The van der Waals surface area contributed by atoms with E-state index in [1.807, 2.05) is 5.38 Å². The molecule has 2 heterocycles. The van der Waals surface area contributed by atoms with Crippen LogP contribution in [0.15, 0.2) is 18.0 Å². The van der Waals surface area contributed by atoms with Gasteiger partial charge in [0, 0.05) is 5.56 Å². The average molecular weight is 254 g/mol. The van der Waals surface area contributed by atoms with Gasteiger partial charge in [-0.15, -0.1) is 17.9 Å². The van der Waals surface area contributed by atoms with E-state index in [1.165, 1.54) is 18.4 Å². The molecule has 1 aromatic rings. The third-order valence-electron chi connectivity index (χ3n) is 2.37. The van der Waals surface area contributed by atoms with Crippen molar-refractivity contribution >= 4 is 17.3 Å². The van der Waals surface area contributed by atoms with E-state index < -0.39 is 0 Å². The molecule has 1 aliphatic heterocycles. The second-order valence-electron chi connectivity index (χ2n) is 3.67. The number of hydrogen-bond acceptors (Lipinski definition) is 5. The van der Waals surface area contributed by atoms with Crippen molar-refractivity contribution in [3.05, 3.63) is 28.5 Å². The fourth-order valence-electron chi connectivity index (χ4n) is 1.41. The Hall–Kier alpha value is -1.33. The van der Waals surface area contributed by atoms with Crippen molar-refractivity contribution in [1.29, 1.82) is 0 Å². The quantitative estimate of drug-likeness (QED) is 0.443. The minimum Gasteiger partial charge on any atom is -0.489 e. The fourth-order valence-corrected chi connectivity index (χ4v) is 2.35. The minimum absolute atomic E-state index is 0.164. The molecule has 17 heavy (non-hydrogen) atoms. The van der Waals surface area contributed by atoms with Gasteiger partial charge in [0.1, 0.15) is 18.5 Å². The number of esters is 1. The number of rotatable bonds is 6. The SMILES string of the molecule is C=CCc1csc(C(=O)OC)c1OCC1CO1. The van der Waals surface area contributed by atoms with Crippen LogP contribution in [0.2, 0.25) is 0 Å². The zero-order valence-corrected chi connectivity index (χ0v) is 10.4. The number of thiophene rings is 1. The molecule has 1 aromatic heterocycles. The van der Waals surface area contributed by atoms with Crippen LogP contribution < -0.4 is 4.74 Å². The molecule has 1 atom stereocenters. The van der Waals surface area contributed by atoms with Gasteiger partial charge in [0.25, 0.3) is 0 Å². The number of allylic oxidation sites excluding steroid dienone is 1. The minimum atomic E-state index is -0.364. The van der Waals surface area contributed by atoms with E-state index in [-0.39, 0.29) is 12.1 Å². The van der Waals surface area contributed by atoms with Gasteiger partial charge in [-0.3, -0.25) is 0 Å². The lowest BCUT2D eigenvalue weighted by Crippen LogP contribution is -2.08. The van der Waals surface area contributed by atoms with Gasteiger partial charge in [-0.2, -0.15) is 0 Å². The molecule has 5 heteroatoms. The van der Waals surface area contributed by atoms with Gasteiger partial charge in [-0.05, 0) is 11.8 Å². The van der Waals surface area contributed by atoms with Gasteiger partial charge in [-0.1, -0.05) is 6.08 Å². The zero-order valence-electron chi connectivity index (χ0n) is 9.60. The van der Waals surface area contributed by atoms with Crippen molar-refractivity contribution in [2.45, 2.75) is 12.5 Å². The third kappa shape index (κ3) is 2.87. The maximum Gasteiger partial charge on any atom is 0.351 e. The first-order valence-corrected chi connectivity index (χ1v) is 6.18. The van der Waals surface area contributed by atoms with E-state index >= 15 is 0 Å². The summed E-state index contributed by atoms with van der Waals surface area (Å²) in [4.78, 5) is 12.1. The number of carbonyl (C=O) groups excluding carboxylic acids is 1. The molecule has 0 aromatic carbocycles. The Bertz CT molecular complexity index is 420. The summed E-state index contributed by atoms with van der Waals surface area (Å²) in [6.07, 6.45) is 2.62. The van der Waals surface area contributed by atoms with E-state index in [0.717, 1.165) is 12.2 Å². The topological polar surface area (TPSA) is 48.1 Å². The highest BCUT2D eigenvalue weighted by atomic mass is 32.1. The number of carbonyl (C=O) groups is 1. The molecule has 0 aliphatic carbocycles. The number of hydrogen-bond donors (Lipinski definition) is 0. The predicted molar refractivity (Wildman–Crippen MR) is 64.8 cm³/mol. The van der Waals surface area contributed by atoms with Gasteiger partial charge in [0.2, 0.25) is 0 Å². The summed E-state index contributed by atoms with van der Waals surface area (Å²) in [5.41, 5.74) is 0.964. The highest BCUT2D eigenvalue weighted by molar-refractivity contribution is 7.12. The molecule has 1 unspecified atom stereocenters. The summed E-state index contributed by atoms with van der Waals surface area (Å²) in [7, 11) is 1.36. The summed E-state index contributed by atoms with van der Waals surface area (Å²) in [5.74, 6) is 0.245. The molecule has 0 saturated carbocycles. The lowest BCUT2D eigenvalue weighted by Gasteiger charge is -2.07. The van der Waals surface area contributed by atoms with Crippen LogP contribution in [0, 0.1) is 0 Å². The Labute approximate surface area is 104 Å². The highest BCUT2D eigenvalue weighted by Gasteiger charge is 2.26. The van der Waals surface area contributed by atoms with Crippen molar-refractivity contribution in [1.82, 2.24) is 0 Å². The van der Waals surface area contributed by atoms with Crippen LogP contribution in [-0.2, 0) is 15.9 Å². The monoisotopic (exact) mass is 254 g/mol. The van der Waals surface area contributed by atoms with E-state index in [0.29, 0.717) is 23.7 Å². The first-order valence-electron chi connectivity index (χ1n) is 5.30. The zero-order chi connectivity index (χ0) is 12.3. The van der Waals surface area contributed by atoms with E-state index in [9.17, 15) is 4.79 Å². The molecule has 0 spiro atoms. The highest BCUT2D eigenvalue weighted by Crippen LogP contribution is 2.32. The molecular weight excluding hydrogens is 240 g/mol. The summed E-state index contributed by atoms with van der Waals surface area (Å²) in [5, 5.41) is 1.90. The Kier molecular flexibility index (Phi) is 3.81. The lowest BCUT2D eigenvalue weighted by atomic mass is 10.2. The molecule has 0 radical (unpaired) electrons. The summed E-state index contributed by atoms with van der Waals surface area (Å²) < 4.78 is 15.4. The van der Waals surface area contributed by atoms with Crippen molar-refractivity contribution in [3.63, 3.8) is 0 Å². The van der Waals surface area contributed by atoms with Crippen LogP contribution in [0.1, 0.15) is 15.2 Å². The Morgan fingerprint density at radius 2 is 2.53 bits per heavy atom. The predicted octanol–water partition coefficient (Wildman–Crippen LogP) is 2.04. The van der Waals surface area contributed by atoms with Crippen LogP contribution in [-0.4, -0.2) is 32.4 Å². The molecule has 1 aliphatic rings. The van der Waals surface area contributed by atoms with E-state index in [1.54, 1.807) is 6.08 Å². The van der Waals surface area contributed by atoms with Crippen molar-refractivity contribution in [3.8, 4) is 5.75 Å². The van der Waals surface area contributed by atoms with Gasteiger partial charge < -0.3 is 14.2 Å². The molecule has 0 amide bonds. The summed E-state index contributed by atoms with van der Waals surface area (Å²) >= 11 is 1.33. The summed E-state index contributed by atoms with van der Waals surface area (Å²) in [6, 6.07) is 0. The largest absolute Gasteiger partial charge is 0.489 e. The number of ether oxygens (including phenoxy) is 3. The Morgan fingerprint density at radius 1 is 1.76 bits per heavy atom. The fraction of sp³-hybridized carbons (Fsp3) is 0.417. The van der Waals surface area contributed by atoms with Crippen molar-refractivity contribution < 1.29 is 19.0 Å². The second kappa shape index (κ2) is 5.33. The number of methoxy groups -OCH3 is 1. The lowest BCUT2D eigenvalue weighted by molar-refractivity contribution is 0.0601. The maximum atomic E-state index is 11.6. The Balaban J connectivity index is 2.17.